The molecule has 94 valence electrons. The van der Waals surface area contributed by atoms with E-state index in [1.54, 1.807) is 20.8 Å². The second kappa shape index (κ2) is 7.61. The molecule has 0 bridgehead atoms. The molecule has 0 spiro atoms. The molecule has 1 rings (SSSR count). The van der Waals surface area contributed by atoms with Crippen molar-refractivity contribution in [3.8, 4) is 0 Å². The van der Waals surface area contributed by atoms with Crippen molar-refractivity contribution in [2.45, 2.75) is 33.6 Å². The summed E-state index contributed by atoms with van der Waals surface area (Å²) in [6.45, 7) is 5.63. The van der Waals surface area contributed by atoms with Crippen molar-refractivity contribution in [1.29, 1.82) is 0 Å². The zero-order valence-electron chi connectivity index (χ0n) is 11.3. The Morgan fingerprint density at radius 1 is 1.33 bits per heavy atom. The number of esters is 1. The minimum atomic E-state index is -1.09. The van der Waals surface area contributed by atoms with Crippen molar-refractivity contribution >= 4 is 11.9 Å². The minimum Gasteiger partial charge on any atom is -0.550 e. The standard InChI is InChI=1S/C12H17NO4.Na/c1-4-17-12(16)11-7(2)9(8(3)13-11)5-6-10(14)15;/h13H,4-6H2,1-3H3,(H,14,15);/q;+1/p-1. The monoisotopic (exact) mass is 261 g/mol. The molecule has 0 radical (unpaired) electrons. The molecule has 0 aliphatic heterocycles. The molecule has 5 nitrogen and oxygen atoms in total. The number of aromatic amines is 1. The number of carbonyl (C=O) groups is 2. The second-order valence-corrected chi connectivity index (χ2v) is 3.82. The number of aryl methyl sites for hydroxylation is 1. The SMILES string of the molecule is CCOC(=O)c1[nH]c(C)c(CCC(=O)[O-])c1C.[Na+]. The third-order valence-corrected chi connectivity index (χ3v) is 2.65. The van der Waals surface area contributed by atoms with E-state index in [1.807, 2.05) is 0 Å². The van der Waals surface area contributed by atoms with E-state index in [9.17, 15) is 14.7 Å². The van der Waals surface area contributed by atoms with Crippen molar-refractivity contribution in [2.75, 3.05) is 6.61 Å². The van der Waals surface area contributed by atoms with Crippen LogP contribution in [-0.2, 0) is 16.0 Å². The Labute approximate surface area is 128 Å². The van der Waals surface area contributed by atoms with Crippen LogP contribution in [0.25, 0.3) is 0 Å². The van der Waals surface area contributed by atoms with Crippen LogP contribution in [0.2, 0.25) is 0 Å². The molecule has 1 aromatic rings. The molecule has 0 saturated heterocycles. The number of hydrogen-bond acceptors (Lipinski definition) is 4. The van der Waals surface area contributed by atoms with Crippen LogP contribution >= 0.6 is 0 Å². The molecule has 0 saturated carbocycles. The fourth-order valence-electron chi connectivity index (χ4n) is 1.80. The normalized spacial score (nSPS) is 9.72. The molecule has 0 amide bonds. The van der Waals surface area contributed by atoms with Gasteiger partial charge in [-0.2, -0.15) is 0 Å². The number of nitrogens with one attached hydrogen (secondary N) is 1. The summed E-state index contributed by atoms with van der Waals surface area (Å²) in [6.07, 6.45) is 0.303. The first kappa shape index (κ1) is 17.2. The van der Waals surface area contributed by atoms with Gasteiger partial charge in [-0.3, -0.25) is 0 Å². The van der Waals surface area contributed by atoms with Gasteiger partial charge in [0.1, 0.15) is 5.69 Å². The second-order valence-electron chi connectivity index (χ2n) is 3.82. The Morgan fingerprint density at radius 3 is 2.44 bits per heavy atom. The van der Waals surface area contributed by atoms with Crippen molar-refractivity contribution in [2.24, 2.45) is 0 Å². The van der Waals surface area contributed by atoms with E-state index in [0.717, 1.165) is 16.8 Å². The zero-order valence-corrected chi connectivity index (χ0v) is 13.3. The maximum Gasteiger partial charge on any atom is 1.00 e. The zero-order chi connectivity index (χ0) is 13.0. The quantitative estimate of drug-likeness (QED) is 0.469. The van der Waals surface area contributed by atoms with Gasteiger partial charge in [0.15, 0.2) is 0 Å². The van der Waals surface area contributed by atoms with Crippen LogP contribution in [0.5, 0.6) is 0 Å². The molecular formula is C12H16NNaO4. The Bertz CT molecular complexity index is 440. The van der Waals surface area contributed by atoms with Crippen LogP contribution < -0.4 is 34.7 Å². The van der Waals surface area contributed by atoms with Gasteiger partial charge in [0, 0.05) is 11.7 Å². The average Bonchev–Trinajstić information content (AvgIpc) is 2.52. The van der Waals surface area contributed by atoms with E-state index in [2.05, 4.69) is 4.98 Å². The van der Waals surface area contributed by atoms with Gasteiger partial charge >= 0.3 is 35.5 Å². The first-order valence-corrected chi connectivity index (χ1v) is 5.52. The van der Waals surface area contributed by atoms with Gasteiger partial charge in [-0.05, 0) is 44.7 Å². The van der Waals surface area contributed by atoms with Gasteiger partial charge in [-0.15, -0.1) is 0 Å². The minimum absolute atomic E-state index is 0. The van der Waals surface area contributed by atoms with E-state index >= 15 is 0 Å². The topological polar surface area (TPSA) is 82.2 Å². The third kappa shape index (κ3) is 4.15. The van der Waals surface area contributed by atoms with E-state index in [-0.39, 0.29) is 36.0 Å². The number of aromatic nitrogens is 1. The summed E-state index contributed by atoms with van der Waals surface area (Å²) in [5, 5.41) is 10.4. The maximum atomic E-state index is 11.6. The van der Waals surface area contributed by atoms with Gasteiger partial charge in [-0.1, -0.05) is 0 Å². The van der Waals surface area contributed by atoms with Gasteiger partial charge in [-0.25, -0.2) is 4.79 Å². The van der Waals surface area contributed by atoms with Gasteiger partial charge in [0.05, 0.1) is 6.61 Å². The van der Waals surface area contributed by atoms with Crippen molar-refractivity contribution < 1.29 is 49.0 Å². The molecule has 18 heavy (non-hydrogen) atoms. The number of ether oxygens (including phenoxy) is 1. The number of hydrogen-bond donors (Lipinski definition) is 1. The Hall–Kier alpha value is -0.780. The van der Waals surface area contributed by atoms with Crippen molar-refractivity contribution in [3.05, 3.63) is 22.5 Å². The smallest absolute Gasteiger partial charge is 0.550 e. The number of aliphatic carboxylic acids is 1. The number of carboxylic acids is 1. The molecule has 0 atom stereocenters. The predicted octanol–water partition coefficient (Wildman–Crippen LogP) is -2.51. The van der Waals surface area contributed by atoms with Gasteiger partial charge in [0.2, 0.25) is 0 Å². The summed E-state index contributed by atoms with van der Waals surface area (Å²) in [6, 6.07) is 0. The van der Waals surface area contributed by atoms with Crippen molar-refractivity contribution in [3.63, 3.8) is 0 Å². The number of H-pyrrole nitrogens is 1. The average molecular weight is 261 g/mol. The third-order valence-electron chi connectivity index (χ3n) is 2.65. The largest absolute Gasteiger partial charge is 1.00 e. The fraction of sp³-hybridized carbons (Fsp3) is 0.500. The van der Waals surface area contributed by atoms with Crippen LogP contribution in [0.15, 0.2) is 0 Å². The van der Waals surface area contributed by atoms with E-state index in [1.165, 1.54) is 0 Å². The number of carboxylic acid groups (broad SMARTS) is 1. The van der Waals surface area contributed by atoms with E-state index < -0.39 is 11.9 Å². The molecule has 0 aromatic carbocycles. The molecule has 0 unspecified atom stereocenters. The summed E-state index contributed by atoms with van der Waals surface area (Å²) < 4.78 is 4.90. The van der Waals surface area contributed by atoms with E-state index in [4.69, 9.17) is 4.74 Å². The fourth-order valence-corrected chi connectivity index (χ4v) is 1.80. The number of carbonyl (C=O) groups excluding carboxylic acids is 2. The molecule has 1 N–H and O–H groups in total. The Balaban J connectivity index is 0.00000289. The Kier molecular flexibility index (Phi) is 7.28. The maximum absolute atomic E-state index is 11.6. The van der Waals surface area contributed by atoms with Crippen LogP contribution in [0.1, 0.15) is 40.7 Å². The summed E-state index contributed by atoms with van der Waals surface area (Å²) in [4.78, 5) is 24.9. The molecule has 1 aromatic heterocycles. The van der Waals surface area contributed by atoms with Crippen LogP contribution in [0.4, 0.5) is 0 Å². The predicted molar refractivity (Wildman–Crippen MR) is 59.6 cm³/mol. The van der Waals surface area contributed by atoms with Crippen LogP contribution in [0, 0.1) is 13.8 Å². The molecular weight excluding hydrogens is 245 g/mol. The summed E-state index contributed by atoms with van der Waals surface area (Å²) in [7, 11) is 0. The first-order chi connectivity index (χ1) is 7.97. The molecule has 0 aliphatic rings. The Morgan fingerprint density at radius 2 is 1.94 bits per heavy atom. The van der Waals surface area contributed by atoms with Gasteiger partial charge in [0.25, 0.3) is 0 Å². The van der Waals surface area contributed by atoms with Gasteiger partial charge < -0.3 is 19.6 Å². The van der Waals surface area contributed by atoms with Crippen LogP contribution in [-0.4, -0.2) is 23.5 Å². The van der Waals surface area contributed by atoms with Crippen LogP contribution in [0.3, 0.4) is 0 Å². The summed E-state index contributed by atoms with van der Waals surface area (Å²) in [5.41, 5.74) is 2.80. The first-order valence-electron chi connectivity index (χ1n) is 5.52. The van der Waals surface area contributed by atoms with E-state index in [0.29, 0.717) is 18.7 Å². The molecule has 6 heteroatoms. The molecule has 1 heterocycles. The van der Waals surface area contributed by atoms with Crippen molar-refractivity contribution in [1.82, 2.24) is 4.98 Å². The summed E-state index contributed by atoms with van der Waals surface area (Å²) in [5.74, 6) is -1.50. The molecule has 0 aliphatic carbocycles. The number of rotatable bonds is 5. The summed E-state index contributed by atoms with van der Waals surface area (Å²) >= 11 is 0. The molecule has 0 fully saturated rings.